The number of benzene rings is 2. The summed E-state index contributed by atoms with van der Waals surface area (Å²) in [6.07, 6.45) is 2.62. The summed E-state index contributed by atoms with van der Waals surface area (Å²) in [4.78, 5) is 29.1. The van der Waals surface area contributed by atoms with Crippen molar-refractivity contribution in [2.24, 2.45) is 0 Å². The number of imidazole rings is 1. The van der Waals surface area contributed by atoms with Crippen LogP contribution in [0.2, 0.25) is 5.02 Å². The average Bonchev–Trinajstić information content (AvgIpc) is 3.07. The normalized spacial score (nSPS) is 13.2. The number of ketones is 1. The van der Waals surface area contributed by atoms with Crippen molar-refractivity contribution in [3.05, 3.63) is 68.5 Å². The van der Waals surface area contributed by atoms with Crippen LogP contribution in [-0.4, -0.2) is 31.5 Å². The minimum Gasteiger partial charge on any atom is -0.507 e. The number of hydrogen-bond donors (Lipinski definition) is 2. The summed E-state index contributed by atoms with van der Waals surface area (Å²) < 4.78 is 2.49. The van der Waals surface area contributed by atoms with Gasteiger partial charge in [-0.3, -0.25) is 4.79 Å². The number of carboxylic acid groups (broad SMARTS) is 1. The lowest BCUT2D eigenvalue weighted by molar-refractivity contribution is 0.0693. The number of fused-ring (bicyclic) bond motifs is 1. The molecule has 0 amide bonds. The molecule has 8 heteroatoms. The van der Waals surface area contributed by atoms with Crippen LogP contribution < -0.4 is 0 Å². The van der Waals surface area contributed by atoms with Crippen molar-refractivity contribution in [2.75, 3.05) is 0 Å². The van der Waals surface area contributed by atoms with Crippen LogP contribution in [0.15, 0.2) is 40.9 Å². The lowest BCUT2D eigenvalue weighted by Gasteiger charge is -2.17. The number of aromatic carboxylic acids is 1. The summed E-state index contributed by atoms with van der Waals surface area (Å²) in [5, 5.41) is 19.6. The zero-order valence-corrected chi connectivity index (χ0v) is 17.5. The summed E-state index contributed by atoms with van der Waals surface area (Å²) in [7, 11) is 0. The van der Waals surface area contributed by atoms with Gasteiger partial charge in [0.05, 0.1) is 16.3 Å². The van der Waals surface area contributed by atoms with Crippen LogP contribution in [0.3, 0.4) is 0 Å². The largest absolute Gasteiger partial charge is 0.507 e. The number of phenols is 1. The number of halogens is 2. The smallest absolute Gasteiger partial charge is 0.339 e. The molecule has 1 aliphatic rings. The number of nitrogens with zero attached hydrogens (tertiary/aromatic N) is 2. The second-order valence-corrected chi connectivity index (χ2v) is 8.06. The van der Waals surface area contributed by atoms with Crippen LogP contribution in [0.5, 0.6) is 5.75 Å². The predicted octanol–water partition coefficient (Wildman–Crippen LogP) is 4.94. The summed E-state index contributed by atoms with van der Waals surface area (Å²) in [5.74, 6) is -1.55. The zero-order valence-electron chi connectivity index (χ0n) is 15.2. The van der Waals surface area contributed by atoms with Gasteiger partial charge in [-0.15, -0.1) is 0 Å². The zero-order chi connectivity index (χ0) is 20.7. The Labute approximate surface area is 179 Å². The Hall–Kier alpha value is -2.64. The van der Waals surface area contributed by atoms with E-state index >= 15 is 0 Å². The molecule has 2 heterocycles. The Kier molecular flexibility index (Phi) is 5.19. The van der Waals surface area contributed by atoms with Gasteiger partial charge in [-0.25, -0.2) is 9.78 Å². The van der Waals surface area contributed by atoms with Gasteiger partial charge in [-0.05, 0) is 59.5 Å². The van der Waals surface area contributed by atoms with Crippen LogP contribution in [0.25, 0.3) is 11.3 Å². The number of carbonyl (C=O) groups is 2. The first-order chi connectivity index (χ1) is 13.9. The first kappa shape index (κ1) is 19.7. The number of hydrogen-bond acceptors (Lipinski definition) is 4. The van der Waals surface area contributed by atoms with E-state index in [1.807, 2.05) is 4.57 Å². The fourth-order valence-corrected chi connectivity index (χ4v) is 4.55. The first-order valence-corrected chi connectivity index (χ1v) is 10.2. The minimum atomic E-state index is -1.21. The molecule has 1 aromatic heterocycles. The molecule has 0 fully saturated rings. The van der Waals surface area contributed by atoms with Gasteiger partial charge in [0, 0.05) is 22.3 Å². The lowest BCUT2D eigenvalue weighted by atomic mass is 10.0. The van der Waals surface area contributed by atoms with Crippen molar-refractivity contribution in [3.8, 4) is 17.0 Å². The minimum absolute atomic E-state index is 0.182. The molecule has 148 valence electrons. The fourth-order valence-electron chi connectivity index (χ4n) is 3.63. The maximum atomic E-state index is 13.3. The maximum absolute atomic E-state index is 13.3. The van der Waals surface area contributed by atoms with Crippen LogP contribution in [0.1, 0.15) is 45.1 Å². The Bertz CT molecular complexity index is 1140. The van der Waals surface area contributed by atoms with Gasteiger partial charge in [-0.2, -0.15) is 0 Å². The summed E-state index contributed by atoms with van der Waals surface area (Å²) in [6.45, 7) is 0.657. The Balaban J connectivity index is 1.86. The highest BCUT2D eigenvalue weighted by atomic mass is 79.9. The molecule has 4 rings (SSSR count). The standard InChI is InChI=1S/C21H16BrClN2O4/c22-13-4-3-5-14(23)17(13)19(27)20-24-18(15-6-1-2-9-25(15)20)11-7-8-12(21(28)29)16(26)10-11/h3-5,7-8,10,26H,1-2,6,9H2,(H,28,29). The monoisotopic (exact) mass is 474 g/mol. The maximum Gasteiger partial charge on any atom is 0.339 e. The average molecular weight is 476 g/mol. The molecule has 0 unspecified atom stereocenters. The fraction of sp³-hybridized carbons (Fsp3) is 0.190. The van der Waals surface area contributed by atoms with E-state index in [-0.39, 0.29) is 22.9 Å². The Morgan fingerprint density at radius 3 is 2.66 bits per heavy atom. The van der Waals surface area contributed by atoms with E-state index in [4.69, 9.17) is 16.7 Å². The molecule has 0 saturated heterocycles. The van der Waals surface area contributed by atoms with E-state index in [0.29, 0.717) is 32.9 Å². The summed E-state index contributed by atoms with van der Waals surface area (Å²) in [6, 6.07) is 9.48. The molecule has 0 bridgehead atoms. The second-order valence-electron chi connectivity index (χ2n) is 6.80. The van der Waals surface area contributed by atoms with Crippen LogP contribution in [-0.2, 0) is 13.0 Å². The quantitative estimate of drug-likeness (QED) is 0.522. The van der Waals surface area contributed by atoms with Crippen LogP contribution in [0.4, 0.5) is 0 Å². The highest BCUT2D eigenvalue weighted by Crippen LogP contribution is 2.34. The van der Waals surface area contributed by atoms with E-state index in [9.17, 15) is 14.7 Å². The van der Waals surface area contributed by atoms with Gasteiger partial charge >= 0.3 is 5.97 Å². The molecule has 0 aliphatic carbocycles. The molecule has 29 heavy (non-hydrogen) atoms. The van der Waals surface area contributed by atoms with Crippen molar-refractivity contribution in [2.45, 2.75) is 25.8 Å². The van der Waals surface area contributed by atoms with Crippen molar-refractivity contribution in [1.82, 2.24) is 9.55 Å². The van der Waals surface area contributed by atoms with E-state index in [1.165, 1.54) is 12.1 Å². The van der Waals surface area contributed by atoms with Gasteiger partial charge in [-0.1, -0.05) is 23.7 Å². The molecule has 2 N–H and O–H groups in total. The number of aromatic nitrogens is 2. The summed E-state index contributed by atoms with van der Waals surface area (Å²) in [5.41, 5.74) is 2.20. The van der Waals surface area contributed by atoms with Gasteiger partial charge in [0.25, 0.3) is 0 Å². The molecule has 0 saturated carbocycles. The molecular formula is C21H16BrClN2O4. The highest BCUT2D eigenvalue weighted by Gasteiger charge is 2.28. The third-order valence-electron chi connectivity index (χ3n) is 5.01. The third-order valence-corrected chi connectivity index (χ3v) is 5.99. The molecule has 0 spiro atoms. The molecule has 0 radical (unpaired) electrons. The molecule has 2 aromatic carbocycles. The van der Waals surface area contributed by atoms with Crippen molar-refractivity contribution >= 4 is 39.3 Å². The van der Waals surface area contributed by atoms with E-state index in [1.54, 1.807) is 24.3 Å². The van der Waals surface area contributed by atoms with Gasteiger partial charge in [0.15, 0.2) is 5.82 Å². The number of aromatic hydroxyl groups is 1. The second kappa shape index (κ2) is 7.65. The van der Waals surface area contributed by atoms with E-state index < -0.39 is 5.97 Å². The van der Waals surface area contributed by atoms with Crippen LogP contribution in [0, 0.1) is 0 Å². The number of carbonyl (C=O) groups excluding carboxylic acids is 1. The highest BCUT2D eigenvalue weighted by molar-refractivity contribution is 9.10. The van der Waals surface area contributed by atoms with E-state index in [0.717, 1.165) is 25.0 Å². The van der Waals surface area contributed by atoms with Gasteiger partial charge in [0.2, 0.25) is 5.78 Å². The molecule has 0 atom stereocenters. The topological polar surface area (TPSA) is 92.4 Å². The third kappa shape index (κ3) is 3.45. The van der Waals surface area contributed by atoms with Crippen LogP contribution >= 0.6 is 27.5 Å². The first-order valence-electron chi connectivity index (χ1n) is 9.03. The lowest BCUT2D eigenvalue weighted by Crippen LogP contribution is -2.17. The van der Waals surface area contributed by atoms with Crippen molar-refractivity contribution < 1.29 is 19.8 Å². The number of carboxylic acids is 1. The summed E-state index contributed by atoms with van der Waals surface area (Å²) >= 11 is 9.67. The molecule has 1 aliphatic heterocycles. The van der Waals surface area contributed by atoms with Gasteiger partial charge in [0.1, 0.15) is 11.3 Å². The van der Waals surface area contributed by atoms with Crippen molar-refractivity contribution in [3.63, 3.8) is 0 Å². The molecule has 3 aromatic rings. The van der Waals surface area contributed by atoms with Crippen molar-refractivity contribution in [1.29, 1.82) is 0 Å². The Morgan fingerprint density at radius 2 is 1.97 bits per heavy atom. The molecule has 6 nitrogen and oxygen atoms in total. The number of rotatable bonds is 4. The predicted molar refractivity (Wildman–Crippen MR) is 112 cm³/mol. The Morgan fingerprint density at radius 1 is 1.17 bits per heavy atom. The SMILES string of the molecule is O=C(O)c1ccc(-c2nc(C(=O)c3c(Cl)cccc3Br)n3c2CCCC3)cc1O. The van der Waals surface area contributed by atoms with E-state index in [2.05, 4.69) is 20.9 Å². The van der Waals surface area contributed by atoms with Gasteiger partial charge < -0.3 is 14.8 Å². The molecular weight excluding hydrogens is 460 g/mol.